The Kier molecular flexibility index (Phi) is 5.73. The van der Waals surface area contributed by atoms with Crippen molar-refractivity contribution in [3.05, 3.63) is 46.9 Å². The molecule has 1 fully saturated rings. The SMILES string of the molecule is CC1(O)CCC(NS(=O)(=O)c2ccc(-c3ccc(F)c(C#N)n3)c(Cl)c2)CC1. The molecule has 1 aliphatic carbocycles. The average Bonchev–Trinajstić information content (AvgIpc) is 2.64. The third-order valence-corrected chi connectivity index (χ3v) is 6.69. The number of sulfonamides is 1. The number of hydrogen-bond donors (Lipinski definition) is 2. The van der Waals surface area contributed by atoms with Crippen molar-refractivity contribution in [2.24, 2.45) is 0 Å². The summed E-state index contributed by atoms with van der Waals surface area (Å²) in [6.45, 7) is 1.75. The van der Waals surface area contributed by atoms with Gasteiger partial charge in [0.25, 0.3) is 0 Å². The summed E-state index contributed by atoms with van der Waals surface area (Å²) in [4.78, 5) is 3.91. The number of nitrogens with zero attached hydrogens (tertiary/aromatic N) is 2. The van der Waals surface area contributed by atoms with Gasteiger partial charge < -0.3 is 5.11 Å². The molecule has 0 amide bonds. The van der Waals surface area contributed by atoms with Crippen LogP contribution in [0.25, 0.3) is 11.3 Å². The van der Waals surface area contributed by atoms with Crippen molar-refractivity contribution < 1.29 is 17.9 Å². The number of benzene rings is 1. The molecule has 28 heavy (non-hydrogen) atoms. The van der Waals surface area contributed by atoms with Crippen LogP contribution in [-0.2, 0) is 10.0 Å². The molecule has 0 unspecified atom stereocenters. The third kappa shape index (κ3) is 4.50. The van der Waals surface area contributed by atoms with Crippen LogP contribution in [-0.4, -0.2) is 30.2 Å². The van der Waals surface area contributed by atoms with Crippen LogP contribution in [0.5, 0.6) is 0 Å². The van der Waals surface area contributed by atoms with Crippen molar-refractivity contribution in [1.29, 1.82) is 5.26 Å². The molecule has 0 atom stereocenters. The Labute approximate surface area is 168 Å². The molecule has 0 aliphatic heterocycles. The summed E-state index contributed by atoms with van der Waals surface area (Å²) in [5.74, 6) is -0.739. The minimum absolute atomic E-state index is 0.00111. The van der Waals surface area contributed by atoms with Crippen LogP contribution in [0.1, 0.15) is 38.3 Å². The number of nitriles is 1. The van der Waals surface area contributed by atoms with Gasteiger partial charge in [-0.15, -0.1) is 0 Å². The lowest BCUT2D eigenvalue weighted by Gasteiger charge is -2.33. The average molecular weight is 424 g/mol. The van der Waals surface area contributed by atoms with E-state index < -0.39 is 21.4 Å². The molecule has 1 heterocycles. The first-order valence-electron chi connectivity index (χ1n) is 8.72. The van der Waals surface area contributed by atoms with E-state index in [0.29, 0.717) is 31.2 Å². The fourth-order valence-electron chi connectivity index (χ4n) is 3.19. The van der Waals surface area contributed by atoms with Gasteiger partial charge in [-0.25, -0.2) is 22.5 Å². The summed E-state index contributed by atoms with van der Waals surface area (Å²) in [5.41, 5.74) is -0.447. The maximum absolute atomic E-state index is 13.5. The molecule has 0 radical (unpaired) electrons. The maximum atomic E-state index is 13.5. The quantitative estimate of drug-likeness (QED) is 0.784. The number of aromatic nitrogens is 1. The largest absolute Gasteiger partial charge is 0.390 e. The number of hydrogen-bond acceptors (Lipinski definition) is 5. The van der Waals surface area contributed by atoms with Crippen LogP contribution in [0.15, 0.2) is 35.2 Å². The first-order valence-corrected chi connectivity index (χ1v) is 10.6. The van der Waals surface area contributed by atoms with Gasteiger partial charge in [0, 0.05) is 11.6 Å². The van der Waals surface area contributed by atoms with Crippen molar-refractivity contribution in [3.8, 4) is 17.3 Å². The highest BCUT2D eigenvalue weighted by molar-refractivity contribution is 7.89. The van der Waals surface area contributed by atoms with Crippen molar-refractivity contribution in [2.45, 2.75) is 49.1 Å². The zero-order chi connectivity index (χ0) is 20.5. The Morgan fingerprint density at radius 1 is 1.32 bits per heavy atom. The van der Waals surface area contributed by atoms with Crippen LogP contribution in [0.3, 0.4) is 0 Å². The predicted molar refractivity (Wildman–Crippen MR) is 103 cm³/mol. The highest BCUT2D eigenvalue weighted by Gasteiger charge is 2.31. The van der Waals surface area contributed by atoms with Gasteiger partial charge in [0.2, 0.25) is 10.0 Å². The van der Waals surface area contributed by atoms with E-state index in [4.69, 9.17) is 16.9 Å². The number of halogens is 2. The standard InChI is InChI=1S/C19H19ClFN3O3S/c1-19(25)8-6-12(7-9-19)24-28(26,27)13-2-3-14(15(20)10-13)17-5-4-16(21)18(11-22)23-17/h2-5,10,12,24-25H,6-9H2,1H3. The second kappa shape index (κ2) is 7.76. The van der Waals surface area contributed by atoms with Crippen LogP contribution >= 0.6 is 11.6 Å². The van der Waals surface area contributed by atoms with Crippen LogP contribution in [0, 0.1) is 17.1 Å². The number of pyridine rings is 1. The first kappa shape index (κ1) is 20.7. The smallest absolute Gasteiger partial charge is 0.240 e. The summed E-state index contributed by atoms with van der Waals surface area (Å²) >= 11 is 6.24. The lowest BCUT2D eigenvalue weighted by atomic mass is 9.84. The van der Waals surface area contributed by atoms with Crippen molar-refractivity contribution in [1.82, 2.24) is 9.71 Å². The van der Waals surface area contributed by atoms with E-state index in [1.165, 1.54) is 24.3 Å². The molecule has 6 nitrogen and oxygen atoms in total. The Balaban J connectivity index is 1.83. The molecule has 1 saturated carbocycles. The van der Waals surface area contributed by atoms with E-state index in [-0.39, 0.29) is 27.3 Å². The van der Waals surface area contributed by atoms with Gasteiger partial charge in [-0.1, -0.05) is 11.6 Å². The second-order valence-corrected chi connectivity index (χ2v) is 9.29. The van der Waals surface area contributed by atoms with E-state index in [0.717, 1.165) is 6.07 Å². The van der Waals surface area contributed by atoms with Crippen molar-refractivity contribution >= 4 is 21.6 Å². The molecule has 0 saturated heterocycles. The van der Waals surface area contributed by atoms with E-state index in [2.05, 4.69) is 9.71 Å². The van der Waals surface area contributed by atoms with Gasteiger partial charge in [0.1, 0.15) is 6.07 Å². The van der Waals surface area contributed by atoms with E-state index in [9.17, 15) is 17.9 Å². The van der Waals surface area contributed by atoms with Crippen molar-refractivity contribution in [3.63, 3.8) is 0 Å². The van der Waals surface area contributed by atoms with Gasteiger partial charge in [0.15, 0.2) is 11.5 Å². The summed E-state index contributed by atoms with van der Waals surface area (Å²) in [6, 6.07) is 8.06. The fraction of sp³-hybridized carbons (Fsp3) is 0.368. The lowest BCUT2D eigenvalue weighted by Crippen LogP contribution is -2.42. The Morgan fingerprint density at radius 3 is 2.61 bits per heavy atom. The molecule has 3 rings (SSSR count). The van der Waals surface area contributed by atoms with Crippen LogP contribution < -0.4 is 4.72 Å². The predicted octanol–water partition coefficient (Wildman–Crippen LogP) is 3.38. The molecule has 1 aliphatic rings. The van der Waals surface area contributed by atoms with Crippen LogP contribution in [0.2, 0.25) is 5.02 Å². The number of aliphatic hydroxyl groups is 1. The van der Waals surface area contributed by atoms with E-state index in [1.54, 1.807) is 13.0 Å². The molecule has 1 aromatic heterocycles. The highest BCUT2D eigenvalue weighted by atomic mass is 35.5. The molecular formula is C19H19ClFN3O3S. The Bertz CT molecular complexity index is 1040. The molecule has 148 valence electrons. The van der Waals surface area contributed by atoms with Gasteiger partial charge in [0.05, 0.1) is 21.2 Å². The molecule has 1 aromatic carbocycles. The molecule has 0 bridgehead atoms. The lowest BCUT2D eigenvalue weighted by molar-refractivity contribution is 0.0163. The fourth-order valence-corrected chi connectivity index (χ4v) is 4.86. The zero-order valence-electron chi connectivity index (χ0n) is 15.1. The Hall–Kier alpha value is -2.05. The van der Waals surface area contributed by atoms with Crippen LogP contribution in [0.4, 0.5) is 4.39 Å². The summed E-state index contributed by atoms with van der Waals surface area (Å²) in [5, 5.41) is 19.0. The van der Waals surface area contributed by atoms with Gasteiger partial charge in [-0.2, -0.15) is 5.26 Å². The van der Waals surface area contributed by atoms with Gasteiger partial charge in [-0.05, 0) is 62.9 Å². The first-order chi connectivity index (χ1) is 13.1. The van der Waals surface area contributed by atoms with Gasteiger partial charge in [-0.3, -0.25) is 0 Å². The number of nitrogens with one attached hydrogen (secondary N) is 1. The molecule has 9 heteroatoms. The minimum Gasteiger partial charge on any atom is -0.390 e. The maximum Gasteiger partial charge on any atom is 0.240 e. The minimum atomic E-state index is -3.79. The normalized spacial score (nSPS) is 22.6. The molecular weight excluding hydrogens is 405 g/mol. The van der Waals surface area contributed by atoms with Gasteiger partial charge >= 0.3 is 0 Å². The van der Waals surface area contributed by atoms with Crippen molar-refractivity contribution in [2.75, 3.05) is 0 Å². The van der Waals surface area contributed by atoms with E-state index >= 15 is 0 Å². The Morgan fingerprint density at radius 2 is 2.00 bits per heavy atom. The number of rotatable bonds is 4. The second-order valence-electron chi connectivity index (χ2n) is 7.17. The zero-order valence-corrected chi connectivity index (χ0v) is 16.7. The third-order valence-electron chi connectivity index (χ3n) is 4.86. The molecule has 2 N–H and O–H groups in total. The summed E-state index contributed by atoms with van der Waals surface area (Å²) in [7, 11) is -3.79. The van der Waals surface area contributed by atoms with E-state index in [1.807, 2.05) is 0 Å². The topological polar surface area (TPSA) is 103 Å². The molecule has 2 aromatic rings. The highest BCUT2D eigenvalue weighted by Crippen LogP contribution is 2.31. The monoisotopic (exact) mass is 423 g/mol. The summed E-state index contributed by atoms with van der Waals surface area (Å²) < 4.78 is 41.4. The molecule has 0 spiro atoms. The summed E-state index contributed by atoms with van der Waals surface area (Å²) in [6.07, 6.45) is 2.15.